The number of amides is 1. The van der Waals surface area contributed by atoms with Crippen LogP contribution in [-0.2, 0) is 11.3 Å². The number of unbranched alkanes of at least 4 members (excludes halogenated alkanes) is 1. The van der Waals surface area contributed by atoms with Crippen LogP contribution in [0.25, 0.3) is 0 Å². The van der Waals surface area contributed by atoms with E-state index in [0.717, 1.165) is 32.2 Å². The molecule has 1 spiro atoms. The summed E-state index contributed by atoms with van der Waals surface area (Å²) in [7, 11) is 0. The maximum absolute atomic E-state index is 13.1. The zero-order chi connectivity index (χ0) is 18.5. The topological polar surface area (TPSA) is 77.8 Å². The molecule has 1 amide bonds. The maximum atomic E-state index is 13.1. The number of carbonyl (C=O) groups excluding carboxylic acids is 2. The lowest BCUT2D eigenvalue weighted by molar-refractivity contribution is 0.0380. The molecular weight excluding hydrogens is 336 g/mol. The number of aromatic nitrogens is 1. The summed E-state index contributed by atoms with van der Waals surface area (Å²) in [6, 6.07) is 0. The molecule has 140 valence electrons. The second-order valence-electron chi connectivity index (χ2n) is 7.51. The summed E-state index contributed by atoms with van der Waals surface area (Å²) in [5, 5.41) is 0. The number of ether oxygens (including phenoxy) is 2. The minimum absolute atomic E-state index is 0.00652. The zero-order valence-electron chi connectivity index (χ0n) is 15.2. The van der Waals surface area contributed by atoms with Crippen LogP contribution in [0, 0.1) is 5.92 Å². The number of fused-ring (bicyclic) bond motifs is 1. The third-order valence-corrected chi connectivity index (χ3v) is 5.74. The van der Waals surface area contributed by atoms with Crippen LogP contribution in [0.2, 0.25) is 0 Å². The summed E-state index contributed by atoms with van der Waals surface area (Å²) < 4.78 is 12.5. The fraction of sp³-hybridized carbons (Fsp3) is 0.632. The van der Waals surface area contributed by atoms with Gasteiger partial charge in [0, 0.05) is 19.3 Å². The maximum Gasteiger partial charge on any atom is 0.343 e. The molecule has 7 nitrogen and oxygen atoms in total. The minimum Gasteiger partial charge on any atom is -0.487 e. The molecule has 4 heterocycles. The number of esters is 1. The largest absolute Gasteiger partial charge is 0.487 e. The van der Waals surface area contributed by atoms with Crippen molar-refractivity contribution in [2.45, 2.75) is 51.6 Å². The molecule has 1 aliphatic carbocycles. The molecule has 1 aromatic rings. The molecule has 1 saturated carbocycles. The predicted octanol–water partition coefficient (Wildman–Crippen LogP) is 1.82. The second-order valence-corrected chi connectivity index (χ2v) is 7.51. The summed E-state index contributed by atoms with van der Waals surface area (Å²) >= 11 is 0. The van der Waals surface area contributed by atoms with Crippen molar-refractivity contribution in [1.82, 2.24) is 9.47 Å². The molecule has 0 atom stereocenters. The quantitative estimate of drug-likeness (QED) is 0.571. The highest BCUT2D eigenvalue weighted by atomic mass is 16.5. The van der Waals surface area contributed by atoms with Gasteiger partial charge in [0.15, 0.2) is 11.4 Å². The molecule has 26 heavy (non-hydrogen) atoms. The van der Waals surface area contributed by atoms with E-state index >= 15 is 0 Å². The fourth-order valence-electron chi connectivity index (χ4n) is 4.56. The van der Waals surface area contributed by atoms with E-state index in [1.54, 1.807) is 11.5 Å². The van der Waals surface area contributed by atoms with Crippen molar-refractivity contribution >= 4 is 11.9 Å². The summed E-state index contributed by atoms with van der Waals surface area (Å²) in [5.74, 6) is -0.281. The Bertz CT molecular complexity index is 822. The van der Waals surface area contributed by atoms with Crippen molar-refractivity contribution in [3.05, 3.63) is 27.7 Å². The molecule has 7 heteroatoms. The minimum atomic E-state index is -0.668. The number of carbonyl (C=O) groups is 2. The summed E-state index contributed by atoms with van der Waals surface area (Å²) in [6.45, 7) is 5.59. The van der Waals surface area contributed by atoms with Crippen molar-refractivity contribution in [3.8, 4) is 5.75 Å². The van der Waals surface area contributed by atoms with Crippen molar-refractivity contribution in [1.29, 1.82) is 0 Å². The van der Waals surface area contributed by atoms with Crippen molar-refractivity contribution < 1.29 is 19.1 Å². The number of pyridine rings is 1. The van der Waals surface area contributed by atoms with E-state index in [1.807, 2.05) is 11.8 Å². The van der Waals surface area contributed by atoms with Gasteiger partial charge in [-0.3, -0.25) is 9.59 Å². The Morgan fingerprint density at radius 3 is 2.77 bits per heavy atom. The Kier molecular flexibility index (Phi) is 4.04. The van der Waals surface area contributed by atoms with E-state index < -0.39 is 11.4 Å². The average molecular weight is 360 g/mol. The molecular formula is C19H24N2O5. The Labute approximate surface area is 151 Å². The van der Waals surface area contributed by atoms with Gasteiger partial charge in [-0.25, -0.2) is 4.79 Å². The van der Waals surface area contributed by atoms with E-state index in [4.69, 9.17) is 9.47 Å². The van der Waals surface area contributed by atoms with Gasteiger partial charge in [0.2, 0.25) is 5.43 Å². The number of rotatable bonds is 6. The highest BCUT2D eigenvalue weighted by Gasteiger charge is 2.60. The first-order chi connectivity index (χ1) is 12.5. The lowest BCUT2D eigenvalue weighted by Crippen LogP contribution is -2.56. The van der Waals surface area contributed by atoms with Crippen LogP contribution in [-0.4, -0.2) is 46.6 Å². The molecule has 0 unspecified atom stereocenters. The third-order valence-electron chi connectivity index (χ3n) is 5.74. The van der Waals surface area contributed by atoms with Crippen molar-refractivity contribution in [2.24, 2.45) is 5.92 Å². The average Bonchev–Trinajstić information content (AvgIpc) is 3.13. The van der Waals surface area contributed by atoms with E-state index in [0.29, 0.717) is 19.1 Å². The van der Waals surface area contributed by atoms with Crippen LogP contribution in [0.5, 0.6) is 5.75 Å². The van der Waals surface area contributed by atoms with E-state index in [2.05, 4.69) is 0 Å². The van der Waals surface area contributed by atoms with Crippen molar-refractivity contribution in [3.63, 3.8) is 0 Å². The first-order valence-electron chi connectivity index (χ1n) is 9.40. The summed E-state index contributed by atoms with van der Waals surface area (Å²) in [5.41, 5.74) is -0.497. The van der Waals surface area contributed by atoms with Crippen LogP contribution in [0.4, 0.5) is 0 Å². The van der Waals surface area contributed by atoms with Gasteiger partial charge in [0.1, 0.15) is 5.56 Å². The third kappa shape index (κ3) is 2.36. The molecule has 0 radical (unpaired) electrons. The van der Waals surface area contributed by atoms with Crippen LogP contribution >= 0.6 is 0 Å². The van der Waals surface area contributed by atoms with Gasteiger partial charge < -0.3 is 18.9 Å². The molecule has 3 aliphatic heterocycles. The lowest BCUT2D eigenvalue weighted by Gasteiger charge is -2.46. The van der Waals surface area contributed by atoms with Gasteiger partial charge in [0.25, 0.3) is 5.91 Å². The fourth-order valence-corrected chi connectivity index (χ4v) is 4.56. The van der Waals surface area contributed by atoms with Crippen LogP contribution in [0.15, 0.2) is 11.0 Å². The molecule has 0 aromatic carbocycles. The molecule has 1 aromatic heterocycles. The predicted molar refractivity (Wildman–Crippen MR) is 93.6 cm³/mol. The van der Waals surface area contributed by atoms with Gasteiger partial charge >= 0.3 is 5.97 Å². The molecule has 2 saturated heterocycles. The monoisotopic (exact) mass is 360 g/mol. The molecule has 5 rings (SSSR count). The molecule has 0 N–H and O–H groups in total. The van der Waals surface area contributed by atoms with Gasteiger partial charge in [-0.05, 0) is 32.1 Å². The van der Waals surface area contributed by atoms with E-state index in [1.165, 1.54) is 6.20 Å². The SMILES string of the molecule is CCCCOc1c2n(cc(C(=O)OCC)c1=O)CC13CC(CN1C2=O)C3. The second kappa shape index (κ2) is 6.14. The van der Waals surface area contributed by atoms with Gasteiger partial charge in [0.05, 0.1) is 18.8 Å². The summed E-state index contributed by atoms with van der Waals surface area (Å²) in [6.07, 6.45) is 5.15. The summed E-state index contributed by atoms with van der Waals surface area (Å²) in [4.78, 5) is 40.1. The van der Waals surface area contributed by atoms with E-state index in [9.17, 15) is 14.4 Å². The van der Waals surface area contributed by atoms with Crippen LogP contribution in [0.3, 0.4) is 0 Å². The first-order valence-corrected chi connectivity index (χ1v) is 9.40. The first kappa shape index (κ1) is 17.1. The Morgan fingerprint density at radius 2 is 2.08 bits per heavy atom. The standard InChI is InChI=1S/C19H24N2O5/c1-3-5-6-26-16-14-17(23)21-9-12-7-19(21,8-12)11-20(14)10-13(15(16)22)18(24)25-4-2/h10,12H,3-9,11H2,1-2H3. The van der Waals surface area contributed by atoms with E-state index in [-0.39, 0.29) is 35.1 Å². The Morgan fingerprint density at radius 1 is 1.31 bits per heavy atom. The highest BCUT2D eigenvalue weighted by Crippen LogP contribution is 2.54. The lowest BCUT2D eigenvalue weighted by atomic mass is 9.72. The Hall–Kier alpha value is -2.31. The Balaban J connectivity index is 1.81. The van der Waals surface area contributed by atoms with Gasteiger partial charge in [-0.2, -0.15) is 0 Å². The van der Waals surface area contributed by atoms with Gasteiger partial charge in [-0.1, -0.05) is 13.3 Å². The van der Waals surface area contributed by atoms with Gasteiger partial charge in [-0.15, -0.1) is 0 Å². The molecule has 2 bridgehead atoms. The number of nitrogens with zero attached hydrogens (tertiary/aromatic N) is 2. The molecule has 3 fully saturated rings. The van der Waals surface area contributed by atoms with Crippen molar-refractivity contribution in [2.75, 3.05) is 19.8 Å². The number of hydrogen-bond donors (Lipinski definition) is 0. The normalized spacial score (nSPS) is 25.4. The number of hydrogen-bond acceptors (Lipinski definition) is 5. The van der Waals surface area contributed by atoms with Crippen LogP contribution in [0.1, 0.15) is 60.4 Å². The smallest absolute Gasteiger partial charge is 0.343 e. The van der Waals surface area contributed by atoms with Crippen LogP contribution < -0.4 is 10.2 Å². The molecule has 4 aliphatic rings. The highest BCUT2D eigenvalue weighted by molar-refractivity contribution is 5.99. The zero-order valence-corrected chi connectivity index (χ0v) is 15.2.